The number of amides is 2. The summed E-state index contributed by atoms with van der Waals surface area (Å²) in [6.07, 6.45) is 0.356. The summed E-state index contributed by atoms with van der Waals surface area (Å²) in [7, 11) is 1.86. The molecule has 6 heteroatoms. The van der Waals surface area contributed by atoms with Crippen LogP contribution in [0.1, 0.15) is 43.6 Å². The SMILES string of the molecule is CNc1ccc2c(c1)CCN(C[C@@H](C)NC(=O)OC(C)(C)C)C2=O. The van der Waals surface area contributed by atoms with Gasteiger partial charge in [0.25, 0.3) is 5.91 Å². The van der Waals surface area contributed by atoms with Crippen LogP contribution < -0.4 is 10.6 Å². The number of carbonyl (C=O) groups is 2. The molecule has 0 bridgehead atoms. The number of ether oxygens (including phenoxy) is 1. The molecular weight excluding hydrogens is 306 g/mol. The molecule has 6 nitrogen and oxygen atoms in total. The van der Waals surface area contributed by atoms with Crippen LogP contribution in [0.5, 0.6) is 0 Å². The van der Waals surface area contributed by atoms with Crippen molar-refractivity contribution in [1.29, 1.82) is 0 Å². The molecule has 132 valence electrons. The van der Waals surface area contributed by atoms with E-state index < -0.39 is 11.7 Å². The van der Waals surface area contributed by atoms with E-state index in [1.807, 2.05) is 52.9 Å². The highest BCUT2D eigenvalue weighted by Gasteiger charge is 2.26. The molecule has 0 radical (unpaired) electrons. The summed E-state index contributed by atoms with van der Waals surface area (Å²) in [4.78, 5) is 26.2. The summed E-state index contributed by atoms with van der Waals surface area (Å²) in [6.45, 7) is 8.45. The Morgan fingerprint density at radius 3 is 2.71 bits per heavy atom. The molecule has 24 heavy (non-hydrogen) atoms. The smallest absolute Gasteiger partial charge is 0.407 e. The maximum Gasteiger partial charge on any atom is 0.407 e. The van der Waals surface area contributed by atoms with Gasteiger partial charge >= 0.3 is 6.09 Å². The van der Waals surface area contributed by atoms with Gasteiger partial charge in [-0.15, -0.1) is 0 Å². The maximum absolute atomic E-state index is 12.6. The van der Waals surface area contributed by atoms with Crippen LogP contribution >= 0.6 is 0 Å². The predicted molar refractivity (Wildman–Crippen MR) is 94.4 cm³/mol. The molecule has 0 fully saturated rings. The molecule has 2 amide bonds. The monoisotopic (exact) mass is 333 g/mol. The van der Waals surface area contributed by atoms with Crippen molar-refractivity contribution in [2.24, 2.45) is 0 Å². The minimum atomic E-state index is -0.533. The minimum Gasteiger partial charge on any atom is -0.444 e. The molecule has 0 saturated heterocycles. The number of nitrogens with zero attached hydrogens (tertiary/aromatic N) is 1. The van der Waals surface area contributed by atoms with E-state index in [1.54, 1.807) is 4.90 Å². The van der Waals surface area contributed by atoms with Crippen LogP contribution in [0.25, 0.3) is 0 Å². The average Bonchev–Trinajstić information content (AvgIpc) is 2.47. The van der Waals surface area contributed by atoms with Crippen LogP contribution in [0.4, 0.5) is 10.5 Å². The predicted octanol–water partition coefficient (Wildman–Crippen LogP) is 2.64. The Labute approximate surface area is 143 Å². The second-order valence-corrected chi connectivity index (χ2v) is 7.17. The number of anilines is 1. The second-order valence-electron chi connectivity index (χ2n) is 7.17. The molecule has 0 aliphatic carbocycles. The van der Waals surface area contributed by atoms with Crippen LogP contribution in [-0.2, 0) is 11.2 Å². The highest BCUT2D eigenvalue weighted by Crippen LogP contribution is 2.22. The second kappa shape index (κ2) is 7.11. The number of benzene rings is 1. The van der Waals surface area contributed by atoms with E-state index >= 15 is 0 Å². The van der Waals surface area contributed by atoms with Crippen molar-refractivity contribution in [3.05, 3.63) is 29.3 Å². The molecular formula is C18H27N3O3. The van der Waals surface area contributed by atoms with Crippen LogP contribution in [0.15, 0.2) is 18.2 Å². The van der Waals surface area contributed by atoms with Gasteiger partial charge in [-0.05, 0) is 57.9 Å². The summed E-state index contributed by atoms with van der Waals surface area (Å²) in [5, 5.41) is 5.87. The molecule has 2 N–H and O–H groups in total. The van der Waals surface area contributed by atoms with Gasteiger partial charge in [0, 0.05) is 37.4 Å². The summed E-state index contributed by atoms with van der Waals surface area (Å²) in [6, 6.07) is 5.61. The van der Waals surface area contributed by atoms with Crippen LogP contribution in [0.2, 0.25) is 0 Å². The highest BCUT2D eigenvalue weighted by molar-refractivity contribution is 5.97. The standard InChI is InChI=1S/C18H27N3O3/c1-12(20-17(23)24-18(2,3)4)11-21-9-8-13-10-14(19-5)6-7-15(13)16(21)22/h6-7,10,12,19H,8-9,11H2,1-5H3,(H,20,23)/t12-/m1/s1. The molecule has 1 heterocycles. The van der Waals surface area contributed by atoms with Gasteiger partial charge < -0.3 is 20.3 Å². The number of alkyl carbamates (subject to hydrolysis) is 1. The molecule has 1 aliphatic heterocycles. The van der Waals surface area contributed by atoms with Gasteiger partial charge in [-0.1, -0.05) is 0 Å². The van der Waals surface area contributed by atoms with Crippen molar-refractivity contribution >= 4 is 17.7 Å². The third-order valence-electron chi connectivity index (χ3n) is 3.82. The Kier molecular flexibility index (Phi) is 5.36. The fourth-order valence-corrected chi connectivity index (χ4v) is 2.75. The molecule has 0 saturated carbocycles. The van der Waals surface area contributed by atoms with Crippen molar-refractivity contribution in [3.63, 3.8) is 0 Å². The minimum absolute atomic E-state index is 0.0109. The van der Waals surface area contributed by atoms with Crippen molar-refractivity contribution in [2.45, 2.75) is 45.8 Å². The fourth-order valence-electron chi connectivity index (χ4n) is 2.75. The van der Waals surface area contributed by atoms with Crippen LogP contribution in [-0.4, -0.2) is 48.7 Å². The summed E-state index contributed by atoms with van der Waals surface area (Å²) < 4.78 is 5.25. The molecule has 0 unspecified atom stereocenters. The molecule has 1 aromatic carbocycles. The first-order valence-corrected chi connectivity index (χ1v) is 8.29. The average molecular weight is 333 g/mol. The summed E-state index contributed by atoms with van der Waals surface area (Å²) in [5.41, 5.74) is 2.28. The topological polar surface area (TPSA) is 70.7 Å². The highest BCUT2D eigenvalue weighted by atomic mass is 16.6. The Bertz CT molecular complexity index is 622. The first-order chi connectivity index (χ1) is 11.2. The van der Waals surface area contributed by atoms with Gasteiger partial charge in [-0.25, -0.2) is 4.79 Å². The molecule has 1 aromatic rings. The molecule has 1 atom stereocenters. The van der Waals surface area contributed by atoms with E-state index in [0.29, 0.717) is 13.1 Å². The van der Waals surface area contributed by atoms with E-state index in [9.17, 15) is 9.59 Å². The number of hydrogen-bond acceptors (Lipinski definition) is 4. The zero-order valence-corrected chi connectivity index (χ0v) is 15.1. The largest absolute Gasteiger partial charge is 0.444 e. The van der Waals surface area contributed by atoms with Crippen molar-refractivity contribution in [2.75, 3.05) is 25.5 Å². The van der Waals surface area contributed by atoms with E-state index in [4.69, 9.17) is 4.74 Å². The summed E-state index contributed by atoms with van der Waals surface area (Å²) >= 11 is 0. The zero-order chi connectivity index (χ0) is 17.9. The van der Waals surface area contributed by atoms with Crippen LogP contribution in [0.3, 0.4) is 0 Å². The van der Waals surface area contributed by atoms with Crippen LogP contribution in [0, 0.1) is 0 Å². The first kappa shape index (κ1) is 18.1. The number of hydrogen-bond donors (Lipinski definition) is 2. The number of carbonyl (C=O) groups excluding carboxylic acids is 2. The number of fused-ring (bicyclic) bond motifs is 1. The Balaban J connectivity index is 1.96. The van der Waals surface area contributed by atoms with E-state index in [-0.39, 0.29) is 11.9 Å². The quantitative estimate of drug-likeness (QED) is 0.889. The van der Waals surface area contributed by atoms with Gasteiger partial charge in [0.05, 0.1) is 0 Å². The molecule has 2 rings (SSSR count). The summed E-state index contributed by atoms with van der Waals surface area (Å²) in [5.74, 6) is 0.0109. The lowest BCUT2D eigenvalue weighted by atomic mass is 9.98. The molecule has 1 aliphatic rings. The first-order valence-electron chi connectivity index (χ1n) is 8.29. The Morgan fingerprint density at radius 2 is 2.08 bits per heavy atom. The van der Waals surface area contributed by atoms with Crippen molar-refractivity contribution < 1.29 is 14.3 Å². The lowest BCUT2D eigenvalue weighted by molar-refractivity contribution is 0.0483. The van der Waals surface area contributed by atoms with Gasteiger partial charge in [0.15, 0.2) is 0 Å². The maximum atomic E-state index is 12.6. The van der Waals surface area contributed by atoms with E-state index in [2.05, 4.69) is 10.6 Å². The van der Waals surface area contributed by atoms with Crippen molar-refractivity contribution in [3.8, 4) is 0 Å². The Morgan fingerprint density at radius 1 is 1.38 bits per heavy atom. The van der Waals surface area contributed by atoms with Gasteiger partial charge in [0.1, 0.15) is 5.60 Å². The van der Waals surface area contributed by atoms with E-state index in [0.717, 1.165) is 23.2 Å². The van der Waals surface area contributed by atoms with Gasteiger partial charge in [-0.2, -0.15) is 0 Å². The molecule has 0 spiro atoms. The number of nitrogens with one attached hydrogen (secondary N) is 2. The normalized spacial score (nSPS) is 15.5. The lowest BCUT2D eigenvalue weighted by Gasteiger charge is -2.31. The molecule has 0 aromatic heterocycles. The van der Waals surface area contributed by atoms with Gasteiger partial charge in [-0.3, -0.25) is 4.79 Å². The third kappa shape index (κ3) is 4.63. The fraction of sp³-hybridized carbons (Fsp3) is 0.556. The van der Waals surface area contributed by atoms with Crippen molar-refractivity contribution in [1.82, 2.24) is 10.2 Å². The zero-order valence-electron chi connectivity index (χ0n) is 15.1. The van der Waals surface area contributed by atoms with Gasteiger partial charge in [0.2, 0.25) is 0 Å². The number of rotatable bonds is 4. The lowest BCUT2D eigenvalue weighted by Crippen LogP contribution is -2.47. The van der Waals surface area contributed by atoms with E-state index in [1.165, 1.54) is 0 Å². The third-order valence-corrected chi connectivity index (χ3v) is 3.82. The Hall–Kier alpha value is -2.24.